The topological polar surface area (TPSA) is 88.2 Å². The van der Waals surface area contributed by atoms with E-state index in [9.17, 15) is 9.59 Å². The Hall–Kier alpha value is -3.74. The number of nitrogens with zero attached hydrogens (tertiary/aromatic N) is 1. The Kier molecular flexibility index (Phi) is 5.65. The number of rotatable bonds is 5. The van der Waals surface area contributed by atoms with Crippen LogP contribution in [0.1, 0.15) is 26.3 Å². The van der Waals surface area contributed by atoms with E-state index in [2.05, 4.69) is 15.6 Å². The Morgan fingerprint density at radius 3 is 2.62 bits per heavy atom. The number of aromatic nitrogens is 2. The number of benzene rings is 2. The molecule has 2 aromatic carbocycles. The number of fused-ring (bicyclic) bond motifs is 2. The smallest absolute Gasteiger partial charge is 0.408 e. The molecule has 0 fully saturated rings. The highest BCUT2D eigenvalue weighted by Crippen LogP contribution is 2.24. The molecule has 3 N–H and O–H groups in total. The lowest BCUT2D eigenvalue weighted by Gasteiger charge is -2.23. The highest BCUT2D eigenvalue weighted by molar-refractivity contribution is 6.04. The van der Waals surface area contributed by atoms with Crippen LogP contribution in [-0.4, -0.2) is 33.2 Å². The van der Waals surface area contributed by atoms with Crippen LogP contribution in [0.2, 0.25) is 0 Å². The van der Waals surface area contributed by atoms with Crippen LogP contribution in [0, 0.1) is 0 Å². The van der Waals surface area contributed by atoms with E-state index in [4.69, 9.17) is 4.74 Å². The first-order valence-electron chi connectivity index (χ1n) is 10.6. The summed E-state index contributed by atoms with van der Waals surface area (Å²) in [6.45, 7) is 5.37. The Morgan fingerprint density at radius 1 is 1.06 bits per heavy atom. The highest BCUT2D eigenvalue weighted by Gasteiger charge is 2.26. The molecule has 7 heteroatoms. The third-order valence-corrected chi connectivity index (χ3v) is 5.26. The first-order chi connectivity index (χ1) is 15.2. The van der Waals surface area contributed by atoms with E-state index in [1.165, 1.54) is 0 Å². The van der Waals surface area contributed by atoms with Crippen molar-refractivity contribution >= 4 is 39.5 Å². The molecule has 0 bridgehead atoms. The number of H-pyrrole nitrogens is 1. The minimum Gasteiger partial charge on any atom is -0.444 e. The minimum atomic E-state index is -0.815. The van der Waals surface area contributed by atoms with E-state index in [0.717, 1.165) is 27.4 Å². The van der Waals surface area contributed by atoms with Gasteiger partial charge in [-0.15, -0.1) is 0 Å². The molecule has 32 heavy (non-hydrogen) atoms. The number of carbonyl (C=O) groups is 2. The Labute approximate surface area is 186 Å². The summed E-state index contributed by atoms with van der Waals surface area (Å²) in [5.74, 6) is -0.308. The van der Waals surface area contributed by atoms with Crippen molar-refractivity contribution in [3.63, 3.8) is 0 Å². The molecule has 0 saturated carbocycles. The van der Waals surface area contributed by atoms with E-state index in [1.54, 1.807) is 20.8 Å². The summed E-state index contributed by atoms with van der Waals surface area (Å²) in [5, 5.41) is 7.70. The quantitative estimate of drug-likeness (QED) is 0.426. The van der Waals surface area contributed by atoms with Crippen molar-refractivity contribution in [2.75, 3.05) is 5.32 Å². The maximum atomic E-state index is 13.3. The summed E-state index contributed by atoms with van der Waals surface area (Å²) in [7, 11) is 1.97. The van der Waals surface area contributed by atoms with Gasteiger partial charge in [0.2, 0.25) is 5.91 Å². The predicted molar refractivity (Wildman–Crippen MR) is 127 cm³/mol. The maximum Gasteiger partial charge on any atom is 0.408 e. The van der Waals surface area contributed by atoms with Gasteiger partial charge in [-0.3, -0.25) is 4.79 Å². The van der Waals surface area contributed by atoms with Gasteiger partial charge in [-0.2, -0.15) is 0 Å². The average Bonchev–Trinajstić information content (AvgIpc) is 3.32. The number of hydrogen-bond acceptors (Lipinski definition) is 3. The number of aromatic amines is 1. The number of para-hydroxylation sites is 1. The molecule has 0 saturated heterocycles. The zero-order valence-electron chi connectivity index (χ0n) is 18.7. The third kappa shape index (κ3) is 4.61. The Bertz CT molecular complexity index is 1280. The third-order valence-electron chi connectivity index (χ3n) is 5.26. The van der Waals surface area contributed by atoms with Crippen LogP contribution < -0.4 is 10.6 Å². The molecule has 4 aromatic rings. The van der Waals surface area contributed by atoms with Gasteiger partial charge in [0.15, 0.2) is 0 Å². The summed E-state index contributed by atoms with van der Waals surface area (Å²) < 4.78 is 7.44. The number of aryl methyl sites for hydroxylation is 1. The fraction of sp³-hybridized carbons (Fsp3) is 0.280. The zero-order chi connectivity index (χ0) is 22.9. The second kappa shape index (κ2) is 8.42. The van der Waals surface area contributed by atoms with Crippen LogP contribution in [0.3, 0.4) is 0 Å². The molecule has 0 unspecified atom stereocenters. The number of anilines is 1. The van der Waals surface area contributed by atoms with Crippen molar-refractivity contribution in [2.45, 2.75) is 38.8 Å². The summed E-state index contributed by atoms with van der Waals surface area (Å²) in [6, 6.07) is 14.7. The van der Waals surface area contributed by atoms with Crippen LogP contribution in [-0.2, 0) is 23.0 Å². The first-order valence-corrected chi connectivity index (χ1v) is 10.6. The van der Waals surface area contributed by atoms with E-state index < -0.39 is 17.7 Å². The van der Waals surface area contributed by atoms with E-state index in [0.29, 0.717) is 12.1 Å². The Morgan fingerprint density at radius 2 is 1.84 bits per heavy atom. The molecular weight excluding hydrogens is 404 g/mol. The summed E-state index contributed by atoms with van der Waals surface area (Å²) in [6.07, 6.45) is 3.52. The molecule has 7 nitrogen and oxygen atoms in total. The molecule has 0 aliphatic heterocycles. The van der Waals surface area contributed by atoms with Crippen molar-refractivity contribution in [3.05, 3.63) is 66.5 Å². The van der Waals surface area contributed by atoms with Gasteiger partial charge in [-0.1, -0.05) is 24.3 Å². The molecule has 2 heterocycles. The summed E-state index contributed by atoms with van der Waals surface area (Å²) >= 11 is 0. The van der Waals surface area contributed by atoms with Gasteiger partial charge in [-0.05, 0) is 50.6 Å². The molecule has 4 rings (SSSR count). The van der Waals surface area contributed by atoms with Crippen LogP contribution in [0.25, 0.3) is 21.8 Å². The minimum absolute atomic E-state index is 0.308. The average molecular weight is 433 g/mol. The zero-order valence-corrected chi connectivity index (χ0v) is 18.7. The summed E-state index contributed by atoms with van der Waals surface area (Å²) in [4.78, 5) is 29.0. The van der Waals surface area contributed by atoms with E-state index in [-0.39, 0.29) is 5.91 Å². The standard InChI is InChI=1S/C25H28N4O3/c1-25(2,3)32-24(31)28-21(14-16-15-29(4)22-11-6-5-8-17(16)22)23(30)27-20-10-7-9-19-18(20)12-13-26-19/h5-13,15,21,26H,14H2,1-4H3,(H,27,30)(H,28,31)/t21-/m0/s1. The van der Waals surface area contributed by atoms with Gasteiger partial charge in [0, 0.05) is 47.7 Å². The second-order valence-electron chi connectivity index (χ2n) is 8.92. The highest BCUT2D eigenvalue weighted by atomic mass is 16.6. The first kappa shape index (κ1) is 21.5. The van der Waals surface area contributed by atoms with Gasteiger partial charge in [0.1, 0.15) is 11.6 Å². The molecule has 166 valence electrons. The van der Waals surface area contributed by atoms with Crippen molar-refractivity contribution < 1.29 is 14.3 Å². The number of ether oxygens (including phenoxy) is 1. The normalized spacial score (nSPS) is 12.6. The lowest BCUT2D eigenvalue weighted by atomic mass is 10.0. The molecule has 2 amide bonds. The number of hydrogen-bond donors (Lipinski definition) is 3. The number of nitrogens with one attached hydrogen (secondary N) is 3. The fourth-order valence-electron chi connectivity index (χ4n) is 3.88. The van der Waals surface area contributed by atoms with Gasteiger partial charge in [0.05, 0.1) is 5.69 Å². The SMILES string of the molecule is Cn1cc(C[C@H](NC(=O)OC(C)(C)C)C(=O)Nc2cccc3[nH]ccc23)c2ccccc21. The second-order valence-corrected chi connectivity index (χ2v) is 8.92. The van der Waals surface area contributed by atoms with E-state index >= 15 is 0 Å². The van der Waals surface area contributed by atoms with Crippen molar-refractivity contribution in [3.8, 4) is 0 Å². The number of amides is 2. The molecule has 0 aliphatic rings. The lowest BCUT2D eigenvalue weighted by Crippen LogP contribution is -2.47. The largest absolute Gasteiger partial charge is 0.444 e. The van der Waals surface area contributed by atoms with Crippen LogP contribution in [0.4, 0.5) is 10.5 Å². The van der Waals surface area contributed by atoms with Crippen molar-refractivity contribution in [1.29, 1.82) is 0 Å². The van der Waals surface area contributed by atoms with Gasteiger partial charge >= 0.3 is 6.09 Å². The van der Waals surface area contributed by atoms with Crippen LogP contribution in [0.15, 0.2) is 60.9 Å². The number of alkyl carbamates (subject to hydrolysis) is 1. The molecular formula is C25H28N4O3. The number of carbonyl (C=O) groups excluding carboxylic acids is 2. The maximum absolute atomic E-state index is 13.3. The van der Waals surface area contributed by atoms with Crippen molar-refractivity contribution in [1.82, 2.24) is 14.9 Å². The van der Waals surface area contributed by atoms with Crippen molar-refractivity contribution in [2.24, 2.45) is 7.05 Å². The molecule has 2 aromatic heterocycles. The van der Waals surface area contributed by atoms with Gasteiger partial charge in [0.25, 0.3) is 0 Å². The molecule has 0 spiro atoms. The summed E-state index contributed by atoms with van der Waals surface area (Å²) in [5.41, 5.74) is 2.98. The van der Waals surface area contributed by atoms with Gasteiger partial charge in [-0.25, -0.2) is 4.79 Å². The molecule has 0 radical (unpaired) electrons. The van der Waals surface area contributed by atoms with Gasteiger partial charge < -0.3 is 24.9 Å². The lowest BCUT2D eigenvalue weighted by molar-refractivity contribution is -0.118. The Balaban J connectivity index is 1.62. The molecule has 1 atom stereocenters. The van der Waals surface area contributed by atoms with Crippen LogP contribution >= 0.6 is 0 Å². The molecule has 0 aliphatic carbocycles. The monoisotopic (exact) mass is 432 g/mol. The van der Waals surface area contributed by atoms with E-state index in [1.807, 2.05) is 72.5 Å². The predicted octanol–water partition coefficient (Wildman–Crippen LogP) is 4.73. The van der Waals surface area contributed by atoms with Crippen LogP contribution in [0.5, 0.6) is 0 Å². The fourth-order valence-corrected chi connectivity index (χ4v) is 3.88.